The average molecular weight is 317 g/mol. The van der Waals surface area contributed by atoms with E-state index in [1.165, 1.54) is 0 Å². The van der Waals surface area contributed by atoms with Crippen molar-refractivity contribution >= 4 is 34.2 Å². The van der Waals surface area contributed by atoms with Gasteiger partial charge < -0.3 is 15.3 Å². The molecular weight excluding hydrogens is 304 g/mol. The molecule has 0 radical (unpaired) electrons. The lowest BCUT2D eigenvalue weighted by Gasteiger charge is -2.04. The first-order valence-corrected chi connectivity index (χ1v) is 7.02. The van der Waals surface area contributed by atoms with Crippen molar-refractivity contribution in [2.45, 2.75) is 13.3 Å². The number of benzene rings is 1. The highest BCUT2D eigenvalue weighted by atomic mass is 35.5. The summed E-state index contributed by atoms with van der Waals surface area (Å²) in [5.74, 6) is -0.0116. The fourth-order valence-electron chi connectivity index (χ4n) is 2.30. The van der Waals surface area contributed by atoms with Crippen molar-refractivity contribution < 1.29 is 4.79 Å². The Labute approximate surface area is 130 Å². The van der Waals surface area contributed by atoms with Crippen molar-refractivity contribution in [3.05, 3.63) is 57.2 Å². The highest BCUT2D eigenvalue weighted by molar-refractivity contribution is 6.31. The molecule has 22 heavy (non-hydrogen) atoms. The Morgan fingerprint density at radius 2 is 2.18 bits per heavy atom. The number of halogens is 1. The summed E-state index contributed by atoms with van der Waals surface area (Å²) in [5.41, 5.74) is 1.89. The highest BCUT2D eigenvalue weighted by Crippen LogP contribution is 2.22. The van der Waals surface area contributed by atoms with E-state index in [0.717, 1.165) is 16.5 Å². The van der Waals surface area contributed by atoms with E-state index in [9.17, 15) is 9.59 Å². The van der Waals surface area contributed by atoms with Gasteiger partial charge in [-0.3, -0.25) is 4.79 Å². The van der Waals surface area contributed by atoms with Crippen LogP contribution < -0.4 is 11.0 Å². The molecule has 0 unspecified atom stereocenters. The monoisotopic (exact) mass is 316 g/mol. The van der Waals surface area contributed by atoms with Gasteiger partial charge in [-0.05, 0) is 30.7 Å². The molecule has 3 rings (SSSR count). The fourth-order valence-corrected chi connectivity index (χ4v) is 2.47. The smallest absolute Gasteiger partial charge is 0.347 e. The van der Waals surface area contributed by atoms with Crippen molar-refractivity contribution in [1.82, 2.24) is 15.0 Å². The molecule has 6 nitrogen and oxygen atoms in total. The zero-order valence-corrected chi connectivity index (χ0v) is 12.5. The second kappa shape index (κ2) is 5.65. The summed E-state index contributed by atoms with van der Waals surface area (Å²) >= 11 is 5.99. The Kier molecular flexibility index (Phi) is 3.68. The lowest BCUT2D eigenvalue weighted by atomic mass is 10.1. The van der Waals surface area contributed by atoms with Crippen LogP contribution >= 0.6 is 11.6 Å². The van der Waals surface area contributed by atoms with Crippen molar-refractivity contribution in [3.8, 4) is 0 Å². The Morgan fingerprint density at radius 1 is 1.36 bits per heavy atom. The molecule has 2 heterocycles. The van der Waals surface area contributed by atoms with E-state index in [0.29, 0.717) is 10.7 Å². The quantitative estimate of drug-likeness (QED) is 0.693. The first kappa shape index (κ1) is 14.3. The molecule has 112 valence electrons. The molecule has 0 aliphatic rings. The van der Waals surface area contributed by atoms with Crippen molar-refractivity contribution in [2.24, 2.45) is 0 Å². The van der Waals surface area contributed by atoms with Gasteiger partial charge in [-0.25, -0.2) is 4.79 Å². The van der Waals surface area contributed by atoms with Crippen LogP contribution in [-0.2, 0) is 11.2 Å². The Bertz CT molecular complexity index is 913. The predicted molar refractivity (Wildman–Crippen MR) is 85.2 cm³/mol. The van der Waals surface area contributed by atoms with Crippen molar-refractivity contribution in [1.29, 1.82) is 0 Å². The predicted octanol–water partition coefficient (Wildman–Crippen LogP) is 2.39. The van der Waals surface area contributed by atoms with Crippen LogP contribution in [0.3, 0.4) is 0 Å². The lowest BCUT2D eigenvalue weighted by Crippen LogP contribution is -2.20. The summed E-state index contributed by atoms with van der Waals surface area (Å²) in [6.07, 6.45) is 1.94. The van der Waals surface area contributed by atoms with Crippen molar-refractivity contribution in [3.63, 3.8) is 0 Å². The van der Waals surface area contributed by atoms with Crippen LogP contribution in [0.15, 0.2) is 35.3 Å². The Morgan fingerprint density at radius 3 is 2.95 bits per heavy atom. The molecule has 3 aromatic rings. The molecule has 0 bridgehead atoms. The average Bonchev–Trinajstić information content (AvgIpc) is 2.80. The molecule has 0 aliphatic heterocycles. The van der Waals surface area contributed by atoms with E-state index in [4.69, 9.17) is 11.6 Å². The number of nitrogens with one attached hydrogen (secondary N) is 3. The Balaban J connectivity index is 1.81. The number of hydrogen-bond donors (Lipinski definition) is 3. The fraction of sp³-hybridized carbons (Fsp3) is 0.133. The second-order valence-corrected chi connectivity index (χ2v) is 5.42. The van der Waals surface area contributed by atoms with E-state index >= 15 is 0 Å². The van der Waals surface area contributed by atoms with Gasteiger partial charge in [-0.2, -0.15) is 4.98 Å². The molecule has 3 N–H and O–H groups in total. The summed E-state index contributed by atoms with van der Waals surface area (Å²) < 4.78 is 0. The molecule has 0 saturated heterocycles. The molecule has 0 aliphatic carbocycles. The third-order valence-corrected chi connectivity index (χ3v) is 3.46. The molecule has 0 atom stereocenters. The number of aromatic amines is 2. The standard InChI is InChI=1S/C15H13ClN4O2/c1-8-4-13(20-15(22)18-8)19-14(21)5-9-7-17-12-3-2-10(16)6-11(9)12/h2-4,6-7,17H,5H2,1H3,(H2,18,19,20,21,22). The summed E-state index contributed by atoms with van der Waals surface area (Å²) in [7, 11) is 0. The summed E-state index contributed by atoms with van der Waals surface area (Å²) in [5, 5.41) is 4.14. The number of carbonyl (C=O) groups excluding carboxylic acids is 1. The minimum atomic E-state index is -0.492. The minimum absolute atomic E-state index is 0.161. The van der Waals surface area contributed by atoms with Crippen LogP contribution in [0.5, 0.6) is 0 Å². The molecule has 0 fully saturated rings. The lowest BCUT2D eigenvalue weighted by molar-refractivity contribution is -0.115. The maximum Gasteiger partial charge on any atom is 0.347 e. The van der Waals surface area contributed by atoms with Crippen LogP contribution in [0.25, 0.3) is 10.9 Å². The molecule has 0 spiro atoms. The molecule has 1 amide bonds. The second-order valence-electron chi connectivity index (χ2n) is 4.98. The number of amides is 1. The zero-order chi connectivity index (χ0) is 15.7. The maximum atomic E-state index is 12.1. The normalized spacial score (nSPS) is 10.8. The van der Waals surface area contributed by atoms with Gasteiger partial charge in [0.05, 0.1) is 6.42 Å². The first-order valence-electron chi connectivity index (χ1n) is 6.64. The van der Waals surface area contributed by atoms with Crippen LogP contribution in [0, 0.1) is 6.92 Å². The van der Waals surface area contributed by atoms with E-state index in [1.54, 1.807) is 25.3 Å². The van der Waals surface area contributed by atoms with E-state index in [1.807, 2.05) is 12.1 Å². The summed E-state index contributed by atoms with van der Waals surface area (Å²) in [6.45, 7) is 1.72. The van der Waals surface area contributed by atoms with Gasteiger partial charge in [0.1, 0.15) is 5.82 Å². The van der Waals surface area contributed by atoms with Gasteiger partial charge in [-0.15, -0.1) is 0 Å². The first-order chi connectivity index (χ1) is 10.5. The van der Waals surface area contributed by atoms with E-state index in [-0.39, 0.29) is 18.1 Å². The van der Waals surface area contributed by atoms with Crippen LogP contribution in [0.4, 0.5) is 5.82 Å². The van der Waals surface area contributed by atoms with Crippen LogP contribution in [-0.4, -0.2) is 20.9 Å². The zero-order valence-electron chi connectivity index (χ0n) is 11.7. The summed E-state index contributed by atoms with van der Waals surface area (Å²) in [6, 6.07) is 7.06. The number of aryl methyl sites for hydroxylation is 1. The number of H-pyrrole nitrogens is 2. The minimum Gasteiger partial charge on any atom is -0.361 e. The van der Waals surface area contributed by atoms with Crippen LogP contribution in [0.2, 0.25) is 5.02 Å². The number of fused-ring (bicyclic) bond motifs is 1. The third kappa shape index (κ3) is 3.01. The van der Waals surface area contributed by atoms with Crippen LogP contribution in [0.1, 0.15) is 11.3 Å². The third-order valence-electron chi connectivity index (χ3n) is 3.23. The van der Waals surface area contributed by atoms with Gasteiger partial charge in [0.2, 0.25) is 5.91 Å². The maximum absolute atomic E-state index is 12.1. The number of carbonyl (C=O) groups is 1. The SMILES string of the molecule is Cc1cc(NC(=O)Cc2c[nH]c3ccc(Cl)cc23)nc(=O)[nH]1. The molecule has 1 aromatic carbocycles. The number of hydrogen-bond acceptors (Lipinski definition) is 3. The Hall–Kier alpha value is -2.60. The van der Waals surface area contributed by atoms with Gasteiger partial charge in [0.15, 0.2) is 0 Å². The largest absolute Gasteiger partial charge is 0.361 e. The highest BCUT2D eigenvalue weighted by Gasteiger charge is 2.10. The van der Waals surface area contributed by atoms with Gasteiger partial charge in [0.25, 0.3) is 0 Å². The number of rotatable bonds is 3. The number of nitrogens with zero attached hydrogens (tertiary/aromatic N) is 1. The molecule has 7 heteroatoms. The van der Waals surface area contributed by atoms with Gasteiger partial charge in [0, 0.05) is 33.9 Å². The molecular formula is C15H13ClN4O2. The van der Waals surface area contributed by atoms with E-state index in [2.05, 4.69) is 20.3 Å². The number of aromatic nitrogens is 3. The topological polar surface area (TPSA) is 90.6 Å². The van der Waals surface area contributed by atoms with Gasteiger partial charge in [-0.1, -0.05) is 11.6 Å². The number of anilines is 1. The van der Waals surface area contributed by atoms with Crippen molar-refractivity contribution in [2.75, 3.05) is 5.32 Å². The van der Waals surface area contributed by atoms with E-state index < -0.39 is 5.69 Å². The molecule has 2 aromatic heterocycles. The van der Waals surface area contributed by atoms with Gasteiger partial charge >= 0.3 is 5.69 Å². The summed E-state index contributed by atoms with van der Waals surface area (Å²) in [4.78, 5) is 32.7. The molecule has 0 saturated carbocycles.